The Hall–Kier alpha value is 0.137. The number of hydrogen-bond donors (Lipinski definition) is 1. The molecule has 1 fully saturated rings. The van der Waals surface area contributed by atoms with Crippen molar-refractivity contribution in [3.63, 3.8) is 0 Å². The average molecular weight is 229 g/mol. The van der Waals surface area contributed by atoms with Crippen molar-refractivity contribution in [1.82, 2.24) is 4.98 Å². The van der Waals surface area contributed by atoms with E-state index in [0.29, 0.717) is 6.10 Å². The van der Waals surface area contributed by atoms with Gasteiger partial charge in [0.2, 0.25) is 0 Å². The van der Waals surface area contributed by atoms with Gasteiger partial charge >= 0.3 is 0 Å². The Morgan fingerprint density at radius 3 is 2.20 bits per heavy atom. The molecule has 0 amide bonds. The molecule has 0 saturated heterocycles. The van der Waals surface area contributed by atoms with Crippen LogP contribution >= 0.6 is 0 Å². The Labute approximate surface area is 95.9 Å². The monoisotopic (exact) mass is 229 g/mol. The quantitative estimate of drug-likeness (QED) is 0.751. The van der Waals surface area contributed by atoms with Crippen LogP contribution in [-0.4, -0.2) is 27.0 Å². The normalized spacial score (nSPS) is 28.4. The first-order valence-electron chi connectivity index (χ1n) is 6.07. The number of hydrogen-bond acceptors (Lipinski definition) is 2. The van der Waals surface area contributed by atoms with Crippen molar-refractivity contribution < 1.29 is 4.74 Å². The third-order valence-corrected chi connectivity index (χ3v) is 7.40. The Bertz CT molecular complexity index is 210. The molecule has 2 atom stereocenters. The molecule has 0 radical (unpaired) electrons. The van der Waals surface area contributed by atoms with Gasteiger partial charge in [-0.15, -0.1) is 0 Å². The molecular formula is C12H27NOSi. The molecule has 0 aliphatic heterocycles. The molecule has 0 heterocycles. The average Bonchev–Trinajstić information content (AvgIpc) is 2.47. The van der Waals surface area contributed by atoms with E-state index in [1.165, 1.54) is 19.3 Å². The Kier molecular flexibility index (Phi) is 4.01. The summed E-state index contributed by atoms with van der Waals surface area (Å²) < 4.78 is 5.46. The van der Waals surface area contributed by atoms with Crippen LogP contribution in [0.1, 0.15) is 40.0 Å². The molecule has 1 rings (SSSR count). The highest BCUT2D eigenvalue weighted by atomic mass is 28.3. The zero-order valence-corrected chi connectivity index (χ0v) is 12.2. The van der Waals surface area contributed by atoms with E-state index in [-0.39, 0.29) is 5.54 Å². The highest BCUT2D eigenvalue weighted by Gasteiger charge is 2.39. The summed E-state index contributed by atoms with van der Waals surface area (Å²) in [5.41, 5.74) is 1.13. The van der Waals surface area contributed by atoms with Crippen LogP contribution in [0.25, 0.3) is 0 Å². The van der Waals surface area contributed by atoms with Gasteiger partial charge in [0.05, 0.1) is 6.10 Å². The summed E-state index contributed by atoms with van der Waals surface area (Å²) in [6, 6.07) is 0. The van der Waals surface area contributed by atoms with Gasteiger partial charge in [0.15, 0.2) is 0 Å². The highest BCUT2D eigenvalue weighted by Crippen LogP contribution is 2.39. The molecule has 2 nitrogen and oxygen atoms in total. The first-order chi connectivity index (χ1) is 6.74. The molecule has 1 N–H and O–H groups in total. The van der Waals surface area contributed by atoms with Crippen LogP contribution in [-0.2, 0) is 4.74 Å². The summed E-state index contributed by atoms with van der Waals surface area (Å²) in [6.45, 7) is 11.7. The molecule has 2 unspecified atom stereocenters. The van der Waals surface area contributed by atoms with E-state index in [0.717, 1.165) is 5.54 Å². The Morgan fingerprint density at radius 2 is 1.80 bits per heavy atom. The molecule has 1 aliphatic rings. The van der Waals surface area contributed by atoms with E-state index < -0.39 is 8.24 Å². The molecule has 3 heteroatoms. The lowest BCUT2D eigenvalue weighted by Gasteiger charge is -2.37. The third kappa shape index (κ3) is 3.89. The van der Waals surface area contributed by atoms with Crippen LogP contribution in [0.5, 0.6) is 0 Å². The predicted molar refractivity (Wildman–Crippen MR) is 68.8 cm³/mol. The fourth-order valence-corrected chi connectivity index (χ4v) is 6.76. The lowest BCUT2D eigenvalue weighted by molar-refractivity contribution is 0.109. The number of rotatable bonds is 3. The second-order valence-electron chi connectivity index (χ2n) is 6.46. The molecule has 90 valence electrons. The van der Waals surface area contributed by atoms with Gasteiger partial charge in [-0.25, -0.2) is 0 Å². The zero-order chi connectivity index (χ0) is 11.7. The van der Waals surface area contributed by atoms with Gasteiger partial charge in [-0.1, -0.05) is 13.1 Å². The van der Waals surface area contributed by atoms with Crippen molar-refractivity contribution in [3.05, 3.63) is 0 Å². The first kappa shape index (κ1) is 13.2. The summed E-state index contributed by atoms with van der Waals surface area (Å²) in [5.74, 6) is 0. The Balaban J connectivity index is 2.55. The van der Waals surface area contributed by atoms with Crippen molar-refractivity contribution in [2.45, 2.75) is 70.3 Å². The van der Waals surface area contributed by atoms with Crippen molar-refractivity contribution in [2.75, 3.05) is 7.11 Å². The molecule has 0 aromatic heterocycles. The minimum absolute atomic E-state index is 0.251. The predicted octanol–water partition coefficient (Wildman–Crippen LogP) is 3.15. The van der Waals surface area contributed by atoms with Crippen LogP contribution in [0.15, 0.2) is 0 Å². The molecule has 1 aliphatic carbocycles. The van der Waals surface area contributed by atoms with Crippen LogP contribution in [0, 0.1) is 0 Å². The van der Waals surface area contributed by atoms with E-state index in [9.17, 15) is 0 Å². The summed E-state index contributed by atoms with van der Waals surface area (Å²) in [4.78, 5) is 3.87. The van der Waals surface area contributed by atoms with Crippen LogP contribution < -0.4 is 4.98 Å². The van der Waals surface area contributed by atoms with Gasteiger partial charge < -0.3 is 9.72 Å². The van der Waals surface area contributed by atoms with Gasteiger partial charge in [0.25, 0.3) is 0 Å². The lowest BCUT2D eigenvalue weighted by atomic mass is 10.1. The minimum Gasteiger partial charge on any atom is -0.381 e. The maximum absolute atomic E-state index is 5.46. The second-order valence-corrected chi connectivity index (χ2v) is 11.0. The van der Waals surface area contributed by atoms with Crippen LogP contribution in [0.4, 0.5) is 0 Å². The topological polar surface area (TPSA) is 21.3 Å². The first-order valence-corrected chi connectivity index (χ1v) is 9.14. The number of ether oxygens (including phenoxy) is 1. The van der Waals surface area contributed by atoms with E-state index >= 15 is 0 Å². The molecule has 0 aromatic rings. The SMILES string of the molecule is COC1CCC([Si](C)(C)NC(C)(C)C)C1. The summed E-state index contributed by atoms with van der Waals surface area (Å²) in [6.07, 6.45) is 4.38. The summed E-state index contributed by atoms with van der Waals surface area (Å²) >= 11 is 0. The van der Waals surface area contributed by atoms with Gasteiger partial charge in [-0.3, -0.25) is 0 Å². The van der Waals surface area contributed by atoms with Gasteiger partial charge in [-0.05, 0) is 45.6 Å². The molecule has 15 heavy (non-hydrogen) atoms. The standard InChI is InChI=1S/C12H27NOSi/c1-12(2,3)13-15(5,6)11-8-7-10(9-11)14-4/h10-11,13H,7-9H2,1-6H3. The number of methoxy groups -OCH3 is 1. The highest BCUT2D eigenvalue weighted by molar-refractivity contribution is 6.76. The zero-order valence-electron chi connectivity index (χ0n) is 11.2. The van der Waals surface area contributed by atoms with Crippen LogP contribution in [0.3, 0.4) is 0 Å². The maximum Gasteiger partial charge on any atom is 0.123 e. The molecule has 1 saturated carbocycles. The molecule has 0 bridgehead atoms. The summed E-state index contributed by atoms with van der Waals surface area (Å²) in [5, 5.41) is 0. The fraction of sp³-hybridized carbons (Fsp3) is 1.00. The maximum atomic E-state index is 5.46. The van der Waals surface area contributed by atoms with Gasteiger partial charge in [0, 0.05) is 12.6 Å². The van der Waals surface area contributed by atoms with E-state index in [1.807, 2.05) is 7.11 Å². The van der Waals surface area contributed by atoms with E-state index in [4.69, 9.17) is 4.74 Å². The molecule has 0 spiro atoms. The van der Waals surface area contributed by atoms with Gasteiger partial charge in [-0.2, -0.15) is 0 Å². The third-order valence-electron chi connectivity index (χ3n) is 3.44. The molecule has 0 aromatic carbocycles. The van der Waals surface area contributed by atoms with Gasteiger partial charge in [0.1, 0.15) is 8.24 Å². The van der Waals surface area contributed by atoms with Crippen LogP contribution in [0.2, 0.25) is 18.6 Å². The number of nitrogens with one attached hydrogen (secondary N) is 1. The van der Waals surface area contributed by atoms with E-state index in [2.05, 4.69) is 38.8 Å². The lowest BCUT2D eigenvalue weighted by Crippen LogP contribution is -2.56. The Morgan fingerprint density at radius 1 is 1.20 bits per heavy atom. The van der Waals surface area contributed by atoms with Crippen molar-refractivity contribution >= 4 is 8.24 Å². The van der Waals surface area contributed by atoms with Crippen molar-refractivity contribution in [1.29, 1.82) is 0 Å². The second kappa shape index (κ2) is 4.56. The largest absolute Gasteiger partial charge is 0.381 e. The van der Waals surface area contributed by atoms with Crippen molar-refractivity contribution in [3.8, 4) is 0 Å². The molecular weight excluding hydrogens is 202 g/mol. The minimum atomic E-state index is -1.29. The fourth-order valence-electron chi connectivity index (χ4n) is 2.88. The smallest absolute Gasteiger partial charge is 0.123 e. The van der Waals surface area contributed by atoms with E-state index in [1.54, 1.807) is 0 Å². The summed E-state index contributed by atoms with van der Waals surface area (Å²) in [7, 11) is 0.552. The van der Waals surface area contributed by atoms with Crippen molar-refractivity contribution in [2.24, 2.45) is 0 Å².